The van der Waals surface area contributed by atoms with Crippen molar-refractivity contribution in [2.75, 3.05) is 33.3 Å². The summed E-state index contributed by atoms with van der Waals surface area (Å²) in [6.07, 6.45) is 0.177. The van der Waals surface area contributed by atoms with Crippen molar-refractivity contribution in [3.8, 4) is 5.75 Å². The third-order valence-corrected chi connectivity index (χ3v) is 6.52. The molecule has 0 radical (unpaired) electrons. The quantitative estimate of drug-likeness (QED) is 0.757. The first-order valence-electron chi connectivity index (χ1n) is 8.67. The number of hydrogen-bond donors (Lipinski definition) is 0. The molecule has 2 aromatic carbocycles. The van der Waals surface area contributed by atoms with Crippen molar-refractivity contribution in [3.05, 3.63) is 59.7 Å². The van der Waals surface area contributed by atoms with Crippen LogP contribution in [0.4, 0.5) is 8.78 Å². The van der Waals surface area contributed by atoms with E-state index in [1.807, 2.05) is 6.07 Å². The molecule has 9 heteroatoms. The first-order chi connectivity index (χ1) is 13.3. The van der Waals surface area contributed by atoms with E-state index in [1.54, 1.807) is 30.2 Å². The smallest absolute Gasteiger partial charge is 0.246 e. The lowest BCUT2D eigenvalue weighted by Crippen LogP contribution is -2.51. The summed E-state index contributed by atoms with van der Waals surface area (Å²) >= 11 is 0. The van der Waals surface area contributed by atoms with Crippen LogP contribution in [0.1, 0.15) is 5.56 Å². The lowest BCUT2D eigenvalue weighted by molar-refractivity contribution is -0.131. The highest BCUT2D eigenvalue weighted by Gasteiger charge is 2.32. The van der Waals surface area contributed by atoms with Gasteiger partial charge >= 0.3 is 0 Å². The van der Waals surface area contributed by atoms with Gasteiger partial charge in [-0.05, 0) is 29.8 Å². The van der Waals surface area contributed by atoms with Crippen LogP contribution in [0.3, 0.4) is 0 Å². The van der Waals surface area contributed by atoms with Gasteiger partial charge in [0.25, 0.3) is 0 Å². The van der Waals surface area contributed by atoms with Gasteiger partial charge in [-0.1, -0.05) is 12.1 Å². The molecule has 2 aromatic rings. The SMILES string of the molecule is COc1cccc(CC(=O)N2CCN(S(=O)(=O)c3ccc(F)cc3F)CC2)c1. The number of sulfonamides is 1. The van der Waals surface area contributed by atoms with E-state index in [-0.39, 0.29) is 38.5 Å². The van der Waals surface area contributed by atoms with Gasteiger partial charge < -0.3 is 9.64 Å². The van der Waals surface area contributed by atoms with E-state index in [9.17, 15) is 22.0 Å². The van der Waals surface area contributed by atoms with Gasteiger partial charge in [0.2, 0.25) is 15.9 Å². The second kappa shape index (κ2) is 8.24. The second-order valence-corrected chi connectivity index (χ2v) is 8.29. The van der Waals surface area contributed by atoms with Gasteiger partial charge in [-0.3, -0.25) is 4.79 Å². The fourth-order valence-electron chi connectivity index (χ4n) is 3.07. The van der Waals surface area contributed by atoms with Gasteiger partial charge in [0, 0.05) is 32.2 Å². The zero-order valence-corrected chi connectivity index (χ0v) is 16.1. The normalized spacial score (nSPS) is 15.5. The van der Waals surface area contributed by atoms with Crippen molar-refractivity contribution >= 4 is 15.9 Å². The van der Waals surface area contributed by atoms with Crippen LogP contribution in [0.2, 0.25) is 0 Å². The van der Waals surface area contributed by atoms with E-state index in [2.05, 4.69) is 0 Å². The summed E-state index contributed by atoms with van der Waals surface area (Å²) in [5.41, 5.74) is 0.799. The van der Waals surface area contributed by atoms with Crippen LogP contribution < -0.4 is 4.74 Å². The lowest BCUT2D eigenvalue weighted by Gasteiger charge is -2.34. The number of ether oxygens (including phenoxy) is 1. The Balaban J connectivity index is 1.64. The second-order valence-electron chi connectivity index (χ2n) is 6.39. The monoisotopic (exact) mass is 410 g/mol. The third-order valence-electron chi connectivity index (χ3n) is 4.59. The van der Waals surface area contributed by atoms with Crippen molar-refractivity contribution in [3.63, 3.8) is 0 Å². The molecule has 150 valence electrons. The summed E-state index contributed by atoms with van der Waals surface area (Å²) in [6.45, 7) is 0.488. The maximum absolute atomic E-state index is 13.9. The van der Waals surface area contributed by atoms with Crippen molar-refractivity contribution in [1.82, 2.24) is 9.21 Å². The molecule has 28 heavy (non-hydrogen) atoms. The van der Waals surface area contributed by atoms with Crippen LogP contribution in [0.5, 0.6) is 5.75 Å². The Morgan fingerprint density at radius 1 is 1.07 bits per heavy atom. The van der Waals surface area contributed by atoms with Gasteiger partial charge in [-0.2, -0.15) is 4.31 Å². The number of amides is 1. The molecule has 1 saturated heterocycles. The minimum absolute atomic E-state index is 0.0446. The fourth-order valence-corrected chi connectivity index (χ4v) is 4.54. The average Bonchev–Trinajstić information content (AvgIpc) is 2.68. The molecule has 0 atom stereocenters. The Kier molecular flexibility index (Phi) is 5.95. The highest BCUT2D eigenvalue weighted by atomic mass is 32.2. The predicted octanol–water partition coefficient (Wildman–Crippen LogP) is 2.05. The molecule has 0 saturated carbocycles. The highest BCUT2D eigenvalue weighted by Crippen LogP contribution is 2.22. The van der Waals surface area contributed by atoms with E-state index < -0.39 is 26.6 Å². The summed E-state index contributed by atoms with van der Waals surface area (Å²) in [7, 11) is -2.54. The maximum atomic E-state index is 13.9. The Bertz CT molecular complexity index is 974. The van der Waals surface area contributed by atoms with Crippen molar-refractivity contribution in [2.45, 2.75) is 11.3 Å². The van der Waals surface area contributed by atoms with E-state index in [0.717, 1.165) is 22.0 Å². The van der Waals surface area contributed by atoms with Gasteiger partial charge in [0.05, 0.1) is 13.5 Å². The first kappa shape index (κ1) is 20.2. The summed E-state index contributed by atoms with van der Waals surface area (Å²) in [6, 6.07) is 9.54. The molecule has 1 fully saturated rings. The van der Waals surface area contributed by atoms with Crippen molar-refractivity contribution < 1.29 is 26.7 Å². The number of piperazine rings is 1. The number of carbonyl (C=O) groups is 1. The van der Waals surface area contributed by atoms with E-state index in [4.69, 9.17) is 4.74 Å². The van der Waals surface area contributed by atoms with Gasteiger partial charge in [-0.25, -0.2) is 17.2 Å². The summed E-state index contributed by atoms with van der Waals surface area (Å²) in [5, 5.41) is 0. The third kappa shape index (κ3) is 4.31. The van der Waals surface area contributed by atoms with Crippen LogP contribution in [0.25, 0.3) is 0 Å². The van der Waals surface area contributed by atoms with Gasteiger partial charge in [0.15, 0.2) is 0 Å². The average molecular weight is 410 g/mol. The molecule has 0 aliphatic carbocycles. The number of carbonyl (C=O) groups excluding carboxylic acids is 1. The van der Waals surface area contributed by atoms with Gasteiger partial charge in [0.1, 0.15) is 22.3 Å². The number of nitrogens with zero attached hydrogens (tertiary/aromatic N) is 2. The zero-order valence-electron chi connectivity index (χ0n) is 15.3. The minimum atomic E-state index is -4.09. The zero-order chi connectivity index (χ0) is 20.3. The largest absolute Gasteiger partial charge is 0.497 e. The standard InChI is InChI=1S/C19H20F2N2O4S/c1-27-16-4-2-3-14(11-16)12-19(24)22-7-9-23(10-8-22)28(25,26)18-6-5-15(20)13-17(18)21/h2-6,11,13H,7-10,12H2,1H3. The Hall–Kier alpha value is -2.52. The predicted molar refractivity (Wildman–Crippen MR) is 98.4 cm³/mol. The molecule has 0 N–H and O–H groups in total. The molecule has 0 bridgehead atoms. The Labute approximate surface area is 162 Å². The Morgan fingerprint density at radius 3 is 2.43 bits per heavy atom. The highest BCUT2D eigenvalue weighted by molar-refractivity contribution is 7.89. The van der Waals surface area contributed by atoms with Crippen molar-refractivity contribution in [2.24, 2.45) is 0 Å². The molecular weight excluding hydrogens is 390 g/mol. The molecule has 1 heterocycles. The van der Waals surface area contributed by atoms with E-state index in [0.29, 0.717) is 11.8 Å². The number of methoxy groups -OCH3 is 1. The number of halogens is 2. The molecule has 0 aromatic heterocycles. The molecule has 0 unspecified atom stereocenters. The van der Waals surface area contributed by atoms with Crippen LogP contribution in [-0.2, 0) is 21.2 Å². The molecule has 6 nitrogen and oxygen atoms in total. The van der Waals surface area contributed by atoms with E-state index in [1.165, 1.54) is 0 Å². The van der Waals surface area contributed by atoms with Gasteiger partial charge in [-0.15, -0.1) is 0 Å². The van der Waals surface area contributed by atoms with Crippen molar-refractivity contribution in [1.29, 1.82) is 0 Å². The topological polar surface area (TPSA) is 66.9 Å². The minimum Gasteiger partial charge on any atom is -0.497 e. The molecular formula is C19H20F2N2O4S. The molecule has 0 spiro atoms. The van der Waals surface area contributed by atoms with Crippen LogP contribution in [-0.4, -0.2) is 56.8 Å². The molecule has 1 aliphatic heterocycles. The molecule has 1 aliphatic rings. The van der Waals surface area contributed by atoms with Crippen LogP contribution >= 0.6 is 0 Å². The Morgan fingerprint density at radius 2 is 1.79 bits per heavy atom. The van der Waals surface area contributed by atoms with Crippen LogP contribution in [0, 0.1) is 11.6 Å². The number of hydrogen-bond acceptors (Lipinski definition) is 4. The first-order valence-corrected chi connectivity index (χ1v) is 10.1. The molecule has 3 rings (SSSR count). The number of rotatable bonds is 5. The lowest BCUT2D eigenvalue weighted by atomic mass is 10.1. The fraction of sp³-hybridized carbons (Fsp3) is 0.316. The summed E-state index contributed by atoms with van der Waals surface area (Å²) < 4.78 is 58.4. The summed E-state index contributed by atoms with van der Waals surface area (Å²) in [4.78, 5) is 13.5. The van der Waals surface area contributed by atoms with E-state index >= 15 is 0 Å². The summed E-state index contributed by atoms with van der Waals surface area (Å²) in [5.74, 6) is -1.44. The van der Waals surface area contributed by atoms with Crippen LogP contribution in [0.15, 0.2) is 47.4 Å². The maximum Gasteiger partial charge on any atom is 0.246 e. The molecule has 1 amide bonds. The number of benzene rings is 2.